The molecule has 0 bridgehead atoms. The summed E-state index contributed by atoms with van der Waals surface area (Å²) in [5.74, 6) is 0.169. The van der Waals surface area contributed by atoms with Crippen molar-refractivity contribution in [2.45, 2.75) is 25.8 Å². The van der Waals surface area contributed by atoms with Gasteiger partial charge in [0.2, 0.25) is 5.91 Å². The Kier molecular flexibility index (Phi) is 2.82. The smallest absolute Gasteiger partial charge is 0.220 e. The topological polar surface area (TPSA) is 46.2 Å². The number of carbonyl (C=O) groups is 2. The minimum absolute atomic E-state index is 0.0678. The van der Waals surface area contributed by atoms with Gasteiger partial charge in [0.25, 0.3) is 0 Å². The molecule has 1 unspecified atom stereocenters. The summed E-state index contributed by atoms with van der Waals surface area (Å²) in [6, 6.07) is 11.8. The predicted octanol–water partition coefficient (Wildman–Crippen LogP) is 2.99. The summed E-state index contributed by atoms with van der Waals surface area (Å²) in [6.45, 7) is 1.58. The first-order valence-electron chi connectivity index (χ1n) is 6.49. The molecule has 1 aliphatic heterocycles. The summed E-state index contributed by atoms with van der Waals surface area (Å²) in [6.07, 6.45) is 1.40. The Labute approximate surface area is 111 Å². The molecule has 1 amide bonds. The largest absolute Gasteiger partial charge is 0.349 e. The molecule has 1 fully saturated rings. The van der Waals surface area contributed by atoms with Gasteiger partial charge in [-0.05, 0) is 29.7 Å². The van der Waals surface area contributed by atoms with Crippen molar-refractivity contribution in [2.75, 3.05) is 0 Å². The highest BCUT2D eigenvalue weighted by molar-refractivity contribution is 6.08. The molecular weight excluding hydrogens is 238 g/mol. The Hall–Kier alpha value is -2.16. The highest BCUT2D eigenvalue weighted by Crippen LogP contribution is 2.31. The molecule has 19 heavy (non-hydrogen) atoms. The van der Waals surface area contributed by atoms with Crippen molar-refractivity contribution in [1.29, 1.82) is 0 Å². The summed E-state index contributed by atoms with van der Waals surface area (Å²) in [4.78, 5) is 23.0. The summed E-state index contributed by atoms with van der Waals surface area (Å²) in [5.41, 5.74) is 1.84. The van der Waals surface area contributed by atoms with Crippen LogP contribution in [0.1, 0.15) is 41.7 Å². The lowest BCUT2D eigenvalue weighted by Crippen LogP contribution is -2.18. The molecule has 96 valence electrons. The molecule has 1 saturated heterocycles. The van der Waals surface area contributed by atoms with Crippen molar-refractivity contribution >= 4 is 22.5 Å². The van der Waals surface area contributed by atoms with E-state index in [0.717, 1.165) is 28.3 Å². The molecule has 2 aromatic carbocycles. The average molecular weight is 253 g/mol. The molecular formula is C16H15NO2. The van der Waals surface area contributed by atoms with Crippen LogP contribution in [0, 0.1) is 0 Å². The van der Waals surface area contributed by atoms with Crippen LogP contribution in [-0.4, -0.2) is 11.7 Å². The number of rotatable bonds is 2. The molecule has 0 spiro atoms. The zero-order chi connectivity index (χ0) is 13.4. The third-order valence-corrected chi connectivity index (χ3v) is 3.71. The molecule has 1 N–H and O–H groups in total. The molecule has 3 heteroatoms. The van der Waals surface area contributed by atoms with Gasteiger partial charge in [-0.15, -0.1) is 0 Å². The number of amides is 1. The standard InChI is InChI=1S/C16H15NO2/c1-10(18)11-6-7-14(15-8-9-16(19)17-15)13-5-3-2-4-12(11)13/h2-7,15H,8-9H2,1H3,(H,17,19). The van der Waals surface area contributed by atoms with Gasteiger partial charge in [0, 0.05) is 12.0 Å². The van der Waals surface area contributed by atoms with Crippen LogP contribution in [0.15, 0.2) is 36.4 Å². The lowest BCUT2D eigenvalue weighted by atomic mass is 9.93. The van der Waals surface area contributed by atoms with E-state index in [9.17, 15) is 9.59 Å². The highest BCUT2D eigenvalue weighted by Gasteiger charge is 2.24. The maximum absolute atomic E-state index is 11.7. The summed E-state index contributed by atoms with van der Waals surface area (Å²) >= 11 is 0. The van der Waals surface area contributed by atoms with E-state index in [1.807, 2.05) is 36.4 Å². The molecule has 0 aliphatic carbocycles. The van der Waals surface area contributed by atoms with Crippen molar-refractivity contribution in [2.24, 2.45) is 0 Å². The Morgan fingerprint density at radius 2 is 1.89 bits per heavy atom. The first-order chi connectivity index (χ1) is 9.16. The van der Waals surface area contributed by atoms with Crippen LogP contribution in [0.3, 0.4) is 0 Å². The summed E-state index contributed by atoms with van der Waals surface area (Å²) < 4.78 is 0. The second kappa shape index (κ2) is 4.50. The van der Waals surface area contributed by atoms with Gasteiger partial charge in [0.1, 0.15) is 0 Å². The van der Waals surface area contributed by atoms with Crippen LogP contribution in [0.25, 0.3) is 10.8 Å². The van der Waals surface area contributed by atoms with Gasteiger partial charge < -0.3 is 5.32 Å². The first-order valence-corrected chi connectivity index (χ1v) is 6.49. The number of hydrogen-bond acceptors (Lipinski definition) is 2. The van der Waals surface area contributed by atoms with Crippen molar-refractivity contribution < 1.29 is 9.59 Å². The fourth-order valence-electron chi connectivity index (χ4n) is 2.78. The molecule has 1 heterocycles. The number of Topliss-reactive ketones (excluding diaryl/α,β-unsaturated/α-hetero) is 1. The number of carbonyl (C=O) groups excluding carboxylic acids is 2. The fraction of sp³-hybridized carbons (Fsp3) is 0.250. The van der Waals surface area contributed by atoms with Gasteiger partial charge in [-0.3, -0.25) is 9.59 Å². The number of hydrogen-bond donors (Lipinski definition) is 1. The number of nitrogens with one attached hydrogen (secondary N) is 1. The van der Waals surface area contributed by atoms with Gasteiger partial charge >= 0.3 is 0 Å². The molecule has 1 atom stereocenters. The number of fused-ring (bicyclic) bond motifs is 1. The lowest BCUT2D eigenvalue weighted by Gasteiger charge is -2.15. The zero-order valence-corrected chi connectivity index (χ0v) is 10.8. The van der Waals surface area contributed by atoms with Crippen molar-refractivity contribution in [3.8, 4) is 0 Å². The Bertz CT molecular complexity index is 676. The number of ketones is 1. The fourth-order valence-corrected chi connectivity index (χ4v) is 2.78. The van der Waals surface area contributed by atoms with Crippen LogP contribution < -0.4 is 5.32 Å². The second-order valence-electron chi connectivity index (χ2n) is 4.96. The van der Waals surface area contributed by atoms with Crippen LogP contribution >= 0.6 is 0 Å². The lowest BCUT2D eigenvalue weighted by molar-refractivity contribution is -0.119. The van der Waals surface area contributed by atoms with Crippen LogP contribution in [0.5, 0.6) is 0 Å². The zero-order valence-electron chi connectivity index (χ0n) is 10.8. The van der Waals surface area contributed by atoms with Gasteiger partial charge in [-0.1, -0.05) is 36.4 Å². The minimum Gasteiger partial charge on any atom is -0.349 e. The molecule has 2 aromatic rings. The van der Waals surface area contributed by atoms with E-state index >= 15 is 0 Å². The van der Waals surface area contributed by atoms with E-state index in [1.165, 1.54) is 0 Å². The van der Waals surface area contributed by atoms with E-state index in [2.05, 4.69) is 5.32 Å². The minimum atomic E-state index is 0.0678. The van der Waals surface area contributed by atoms with Crippen molar-refractivity contribution in [3.05, 3.63) is 47.5 Å². The van der Waals surface area contributed by atoms with Crippen LogP contribution in [0.2, 0.25) is 0 Å². The molecule has 3 rings (SSSR count). The normalized spacial score (nSPS) is 18.6. The quantitative estimate of drug-likeness (QED) is 0.836. The summed E-state index contributed by atoms with van der Waals surface area (Å²) in [7, 11) is 0. The van der Waals surface area contributed by atoms with Gasteiger partial charge in [0.05, 0.1) is 6.04 Å². The predicted molar refractivity (Wildman–Crippen MR) is 74.1 cm³/mol. The van der Waals surface area contributed by atoms with E-state index < -0.39 is 0 Å². The van der Waals surface area contributed by atoms with E-state index in [1.54, 1.807) is 6.92 Å². The first kappa shape index (κ1) is 11.9. The SMILES string of the molecule is CC(=O)c1ccc(C2CCC(=O)N2)c2ccccc12. The molecule has 0 saturated carbocycles. The van der Waals surface area contributed by atoms with Crippen molar-refractivity contribution in [3.63, 3.8) is 0 Å². The van der Waals surface area contributed by atoms with Crippen molar-refractivity contribution in [1.82, 2.24) is 5.32 Å². The molecule has 0 radical (unpaired) electrons. The summed E-state index contributed by atoms with van der Waals surface area (Å²) in [5, 5.41) is 5.01. The Balaban J connectivity index is 2.19. The van der Waals surface area contributed by atoms with Crippen LogP contribution in [0.4, 0.5) is 0 Å². The monoisotopic (exact) mass is 253 g/mol. The van der Waals surface area contributed by atoms with Gasteiger partial charge in [-0.25, -0.2) is 0 Å². The Morgan fingerprint density at radius 3 is 2.53 bits per heavy atom. The van der Waals surface area contributed by atoms with Gasteiger partial charge in [-0.2, -0.15) is 0 Å². The molecule has 3 nitrogen and oxygen atoms in total. The number of benzene rings is 2. The second-order valence-corrected chi connectivity index (χ2v) is 4.96. The Morgan fingerprint density at radius 1 is 1.16 bits per heavy atom. The maximum Gasteiger partial charge on any atom is 0.220 e. The van der Waals surface area contributed by atoms with E-state index in [0.29, 0.717) is 6.42 Å². The molecule has 0 aromatic heterocycles. The van der Waals surface area contributed by atoms with E-state index in [-0.39, 0.29) is 17.7 Å². The van der Waals surface area contributed by atoms with Gasteiger partial charge in [0.15, 0.2) is 5.78 Å². The average Bonchev–Trinajstić information content (AvgIpc) is 2.83. The third-order valence-electron chi connectivity index (χ3n) is 3.71. The van der Waals surface area contributed by atoms with E-state index in [4.69, 9.17) is 0 Å². The third kappa shape index (κ3) is 2.01. The van der Waals surface area contributed by atoms with Crippen LogP contribution in [-0.2, 0) is 4.79 Å². The highest BCUT2D eigenvalue weighted by atomic mass is 16.2. The maximum atomic E-state index is 11.7. The molecule has 1 aliphatic rings.